The van der Waals surface area contributed by atoms with Gasteiger partial charge in [-0.1, -0.05) is 27.2 Å². The van der Waals surface area contributed by atoms with Crippen LogP contribution in [0, 0.1) is 19.8 Å². The summed E-state index contributed by atoms with van der Waals surface area (Å²) in [4.78, 5) is 4.66. The van der Waals surface area contributed by atoms with Crippen molar-refractivity contribution in [2.75, 3.05) is 13.7 Å². The Morgan fingerprint density at radius 2 is 1.95 bits per heavy atom. The Labute approximate surface area is 130 Å². The molecule has 2 unspecified atom stereocenters. The fourth-order valence-corrected chi connectivity index (χ4v) is 2.95. The standard InChI is InChI=1S/C18H32N2O/c1-7-9-13(3)16(19-10-8-2)11-17-15(5)18(21-6)14(4)12-20-17/h12-13,16,19H,7-11H2,1-6H3. The molecule has 0 fully saturated rings. The second-order valence-electron chi connectivity index (χ2n) is 6.08. The molecule has 21 heavy (non-hydrogen) atoms. The zero-order valence-corrected chi connectivity index (χ0v) is 14.6. The minimum atomic E-state index is 0.489. The van der Waals surface area contributed by atoms with Crippen molar-refractivity contribution in [3.05, 3.63) is 23.0 Å². The predicted molar refractivity (Wildman–Crippen MR) is 90.1 cm³/mol. The van der Waals surface area contributed by atoms with Gasteiger partial charge in [-0.2, -0.15) is 0 Å². The van der Waals surface area contributed by atoms with E-state index in [9.17, 15) is 0 Å². The minimum absolute atomic E-state index is 0.489. The first-order valence-electron chi connectivity index (χ1n) is 8.27. The molecule has 0 saturated heterocycles. The van der Waals surface area contributed by atoms with Crippen LogP contribution in [0.15, 0.2) is 6.20 Å². The first-order chi connectivity index (χ1) is 10.0. The van der Waals surface area contributed by atoms with E-state index in [1.54, 1.807) is 7.11 Å². The highest BCUT2D eigenvalue weighted by atomic mass is 16.5. The normalized spacial score (nSPS) is 14.0. The fraction of sp³-hybridized carbons (Fsp3) is 0.722. The van der Waals surface area contributed by atoms with Crippen molar-refractivity contribution in [3.63, 3.8) is 0 Å². The van der Waals surface area contributed by atoms with Gasteiger partial charge in [-0.15, -0.1) is 0 Å². The lowest BCUT2D eigenvalue weighted by Crippen LogP contribution is -2.37. The Bertz CT molecular complexity index is 431. The summed E-state index contributed by atoms with van der Waals surface area (Å²) in [6.45, 7) is 12.1. The number of nitrogens with one attached hydrogen (secondary N) is 1. The molecule has 1 aromatic heterocycles. The van der Waals surface area contributed by atoms with E-state index >= 15 is 0 Å². The van der Waals surface area contributed by atoms with Crippen LogP contribution in [0.4, 0.5) is 0 Å². The lowest BCUT2D eigenvalue weighted by atomic mass is 9.91. The molecule has 120 valence electrons. The minimum Gasteiger partial charge on any atom is -0.496 e. The van der Waals surface area contributed by atoms with Gasteiger partial charge in [0.2, 0.25) is 0 Å². The molecule has 0 aliphatic rings. The number of aromatic nitrogens is 1. The van der Waals surface area contributed by atoms with Gasteiger partial charge in [0, 0.05) is 35.5 Å². The van der Waals surface area contributed by atoms with Gasteiger partial charge in [-0.05, 0) is 39.2 Å². The van der Waals surface area contributed by atoms with E-state index in [1.165, 1.54) is 24.8 Å². The Morgan fingerprint density at radius 1 is 1.24 bits per heavy atom. The molecule has 0 saturated carbocycles. The van der Waals surface area contributed by atoms with Crippen LogP contribution in [0.1, 0.15) is 56.9 Å². The first kappa shape index (κ1) is 18.0. The monoisotopic (exact) mass is 292 g/mol. The number of ether oxygens (including phenoxy) is 1. The van der Waals surface area contributed by atoms with Crippen LogP contribution in [0.5, 0.6) is 5.75 Å². The number of hydrogen-bond acceptors (Lipinski definition) is 3. The Hall–Kier alpha value is -1.09. The number of aryl methyl sites for hydroxylation is 1. The van der Waals surface area contributed by atoms with Gasteiger partial charge in [0.25, 0.3) is 0 Å². The van der Waals surface area contributed by atoms with Crippen LogP contribution < -0.4 is 10.1 Å². The molecule has 1 N–H and O–H groups in total. The molecule has 0 bridgehead atoms. The molecular formula is C18H32N2O. The van der Waals surface area contributed by atoms with Gasteiger partial charge in [-0.3, -0.25) is 4.98 Å². The summed E-state index contributed by atoms with van der Waals surface area (Å²) in [5.74, 6) is 1.65. The molecular weight excluding hydrogens is 260 g/mol. The third kappa shape index (κ3) is 4.99. The maximum absolute atomic E-state index is 5.53. The van der Waals surface area contributed by atoms with Gasteiger partial charge >= 0.3 is 0 Å². The molecule has 0 radical (unpaired) electrons. The average molecular weight is 292 g/mol. The lowest BCUT2D eigenvalue weighted by Gasteiger charge is -2.26. The molecule has 3 nitrogen and oxygen atoms in total. The molecule has 0 aliphatic heterocycles. The molecule has 0 aromatic carbocycles. The highest BCUT2D eigenvalue weighted by Crippen LogP contribution is 2.26. The highest BCUT2D eigenvalue weighted by Gasteiger charge is 2.19. The molecule has 1 rings (SSSR count). The summed E-state index contributed by atoms with van der Waals surface area (Å²) >= 11 is 0. The van der Waals surface area contributed by atoms with E-state index < -0.39 is 0 Å². The van der Waals surface area contributed by atoms with Gasteiger partial charge in [0.1, 0.15) is 5.75 Å². The van der Waals surface area contributed by atoms with E-state index in [4.69, 9.17) is 4.74 Å². The SMILES string of the molecule is CCCNC(Cc1ncc(C)c(OC)c1C)C(C)CCC. The third-order valence-electron chi connectivity index (χ3n) is 4.25. The van der Waals surface area contributed by atoms with Crippen LogP contribution in [0.25, 0.3) is 0 Å². The Morgan fingerprint density at radius 3 is 2.52 bits per heavy atom. The van der Waals surface area contributed by atoms with E-state index in [-0.39, 0.29) is 0 Å². The second-order valence-corrected chi connectivity index (χ2v) is 6.08. The largest absolute Gasteiger partial charge is 0.496 e. The zero-order chi connectivity index (χ0) is 15.8. The Balaban J connectivity index is 2.92. The van der Waals surface area contributed by atoms with E-state index in [0.29, 0.717) is 12.0 Å². The molecule has 3 heteroatoms. The van der Waals surface area contributed by atoms with Crippen LogP contribution in [-0.4, -0.2) is 24.7 Å². The third-order valence-corrected chi connectivity index (χ3v) is 4.25. The first-order valence-corrected chi connectivity index (χ1v) is 8.27. The number of pyridine rings is 1. The summed E-state index contributed by atoms with van der Waals surface area (Å²) in [6, 6.07) is 0.489. The van der Waals surface area contributed by atoms with Crippen molar-refractivity contribution < 1.29 is 4.74 Å². The van der Waals surface area contributed by atoms with Crippen molar-refractivity contribution in [1.29, 1.82) is 0 Å². The molecule has 0 spiro atoms. The number of methoxy groups -OCH3 is 1. The number of rotatable bonds is 9. The summed E-state index contributed by atoms with van der Waals surface area (Å²) in [5.41, 5.74) is 3.46. The zero-order valence-electron chi connectivity index (χ0n) is 14.6. The topological polar surface area (TPSA) is 34.2 Å². The molecule has 0 aliphatic carbocycles. The summed E-state index contributed by atoms with van der Waals surface area (Å²) < 4.78 is 5.53. The summed E-state index contributed by atoms with van der Waals surface area (Å²) in [6.07, 6.45) is 6.56. The summed E-state index contributed by atoms with van der Waals surface area (Å²) in [7, 11) is 1.74. The van der Waals surface area contributed by atoms with Crippen LogP contribution in [0.3, 0.4) is 0 Å². The average Bonchev–Trinajstić information content (AvgIpc) is 2.46. The van der Waals surface area contributed by atoms with Crippen LogP contribution in [0.2, 0.25) is 0 Å². The number of nitrogens with zero attached hydrogens (tertiary/aromatic N) is 1. The second kappa shape index (κ2) is 9.04. The fourth-order valence-electron chi connectivity index (χ4n) is 2.95. The van der Waals surface area contributed by atoms with Crippen LogP contribution >= 0.6 is 0 Å². The van der Waals surface area contributed by atoms with Crippen molar-refractivity contribution >= 4 is 0 Å². The quantitative estimate of drug-likeness (QED) is 0.745. The van der Waals surface area contributed by atoms with E-state index in [2.05, 4.69) is 44.9 Å². The Kier molecular flexibility index (Phi) is 7.73. The van der Waals surface area contributed by atoms with Gasteiger partial charge in [0.05, 0.1) is 7.11 Å². The molecule has 0 amide bonds. The van der Waals surface area contributed by atoms with Crippen molar-refractivity contribution in [1.82, 2.24) is 10.3 Å². The number of hydrogen-bond donors (Lipinski definition) is 1. The smallest absolute Gasteiger partial charge is 0.128 e. The van der Waals surface area contributed by atoms with Crippen LogP contribution in [-0.2, 0) is 6.42 Å². The maximum Gasteiger partial charge on any atom is 0.128 e. The molecule has 2 atom stereocenters. The van der Waals surface area contributed by atoms with Crippen molar-refractivity contribution in [2.24, 2.45) is 5.92 Å². The maximum atomic E-state index is 5.53. The highest BCUT2D eigenvalue weighted by molar-refractivity contribution is 5.41. The van der Waals surface area contributed by atoms with Gasteiger partial charge < -0.3 is 10.1 Å². The van der Waals surface area contributed by atoms with Gasteiger partial charge in [0.15, 0.2) is 0 Å². The van der Waals surface area contributed by atoms with E-state index in [0.717, 1.165) is 30.0 Å². The lowest BCUT2D eigenvalue weighted by molar-refractivity contribution is 0.348. The van der Waals surface area contributed by atoms with E-state index in [1.807, 2.05) is 6.20 Å². The molecule has 1 heterocycles. The predicted octanol–water partition coefficient (Wildman–Crippen LogP) is 4.05. The van der Waals surface area contributed by atoms with Gasteiger partial charge in [-0.25, -0.2) is 0 Å². The molecule has 1 aromatic rings. The van der Waals surface area contributed by atoms with Crippen molar-refractivity contribution in [2.45, 2.75) is 66.3 Å². The summed E-state index contributed by atoms with van der Waals surface area (Å²) in [5, 5.41) is 3.70. The van der Waals surface area contributed by atoms with Crippen molar-refractivity contribution in [3.8, 4) is 5.75 Å².